The number of hydrogen-bond acceptors (Lipinski definition) is 6. The average molecular weight is 428 g/mol. The Morgan fingerprint density at radius 3 is 2.53 bits per heavy atom. The van der Waals surface area contributed by atoms with E-state index in [-0.39, 0.29) is 18.1 Å². The molecule has 6 nitrogen and oxygen atoms in total. The van der Waals surface area contributed by atoms with Crippen molar-refractivity contribution in [1.29, 1.82) is 0 Å². The molecule has 3 aliphatic rings. The fourth-order valence-corrected chi connectivity index (χ4v) is 5.96. The highest BCUT2D eigenvalue weighted by molar-refractivity contribution is 5.67. The van der Waals surface area contributed by atoms with Gasteiger partial charge in [-0.2, -0.15) is 0 Å². The summed E-state index contributed by atoms with van der Waals surface area (Å²) in [5, 5.41) is 10.1. The van der Waals surface area contributed by atoms with Crippen LogP contribution in [0.3, 0.4) is 0 Å². The lowest BCUT2D eigenvalue weighted by Gasteiger charge is -2.43. The van der Waals surface area contributed by atoms with Gasteiger partial charge in [-0.1, -0.05) is 42.5 Å². The van der Waals surface area contributed by atoms with Crippen molar-refractivity contribution in [3.8, 4) is 0 Å². The molecule has 6 rings (SSSR count). The molecule has 0 amide bonds. The molecule has 0 bridgehead atoms. The summed E-state index contributed by atoms with van der Waals surface area (Å²) >= 11 is 0. The van der Waals surface area contributed by atoms with E-state index >= 15 is 0 Å². The van der Waals surface area contributed by atoms with Gasteiger partial charge in [0.2, 0.25) is 0 Å². The molecule has 3 aromatic rings. The van der Waals surface area contributed by atoms with Crippen LogP contribution in [0.25, 0.3) is 0 Å². The van der Waals surface area contributed by atoms with E-state index in [0.717, 1.165) is 57.0 Å². The van der Waals surface area contributed by atoms with Crippen molar-refractivity contribution in [3.63, 3.8) is 0 Å². The van der Waals surface area contributed by atoms with Crippen LogP contribution in [0.5, 0.6) is 0 Å². The summed E-state index contributed by atoms with van der Waals surface area (Å²) in [6, 6.07) is 17.1. The molecule has 164 valence electrons. The quantitative estimate of drug-likeness (QED) is 0.666. The van der Waals surface area contributed by atoms with Crippen LogP contribution < -0.4 is 15.5 Å². The zero-order chi connectivity index (χ0) is 21.7. The average Bonchev–Trinajstić information content (AvgIpc) is 3.39. The first kappa shape index (κ1) is 19.7. The molecule has 6 heteroatoms. The van der Waals surface area contributed by atoms with Gasteiger partial charge in [0, 0.05) is 31.4 Å². The molecule has 3 heterocycles. The Balaban J connectivity index is 1.22. The van der Waals surface area contributed by atoms with Gasteiger partial charge >= 0.3 is 0 Å². The molecule has 1 spiro atoms. The molecule has 1 fully saturated rings. The number of aromatic nitrogens is 2. The van der Waals surface area contributed by atoms with E-state index in [2.05, 4.69) is 58.3 Å². The largest absolute Gasteiger partial charge is 0.390 e. The molecule has 0 saturated carbocycles. The van der Waals surface area contributed by atoms with Gasteiger partial charge in [-0.15, -0.1) is 0 Å². The second-order valence-corrected chi connectivity index (χ2v) is 9.39. The predicted octanol–water partition coefficient (Wildman–Crippen LogP) is 3.51. The van der Waals surface area contributed by atoms with Crippen molar-refractivity contribution < 1.29 is 5.11 Å². The molecule has 2 aromatic carbocycles. The molecule has 1 atom stereocenters. The molecule has 0 unspecified atom stereocenters. The van der Waals surface area contributed by atoms with E-state index in [1.54, 1.807) is 0 Å². The van der Waals surface area contributed by atoms with Gasteiger partial charge in [0.1, 0.15) is 5.69 Å². The lowest BCUT2D eigenvalue weighted by molar-refractivity contribution is 0.186. The van der Waals surface area contributed by atoms with Crippen molar-refractivity contribution in [2.75, 3.05) is 29.4 Å². The van der Waals surface area contributed by atoms with Gasteiger partial charge in [-0.05, 0) is 53.9 Å². The Bertz CT molecular complexity index is 1150. The molecule has 1 aliphatic carbocycles. The Morgan fingerprint density at radius 1 is 1.00 bits per heavy atom. The molecule has 3 N–H and O–H groups in total. The van der Waals surface area contributed by atoms with E-state index in [1.807, 2.05) is 6.20 Å². The Hall–Kier alpha value is -2.96. The van der Waals surface area contributed by atoms with E-state index in [1.165, 1.54) is 22.4 Å². The molecule has 1 saturated heterocycles. The first-order valence-electron chi connectivity index (χ1n) is 11.6. The summed E-state index contributed by atoms with van der Waals surface area (Å²) in [5.41, 5.74) is 12.8. The normalized spacial score (nSPS) is 21.1. The maximum atomic E-state index is 10.1. The molecular weight excluding hydrogens is 398 g/mol. The van der Waals surface area contributed by atoms with Crippen LogP contribution in [0.15, 0.2) is 54.7 Å². The van der Waals surface area contributed by atoms with Crippen LogP contribution in [0.4, 0.5) is 17.3 Å². The number of aliphatic hydroxyl groups excluding tert-OH is 1. The summed E-state index contributed by atoms with van der Waals surface area (Å²) in [6.07, 6.45) is 5.97. The summed E-state index contributed by atoms with van der Waals surface area (Å²) in [7, 11) is 0. The number of nitrogens with two attached hydrogens (primary N) is 1. The zero-order valence-electron chi connectivity index (χ0n) is 18.2. The summed E-state index contributed by atoms with van der Waals surface area (Å²) in [5.74, 6) is 1.62. The smallest absolute Gasteiger partial charge is 0.152 e. The van der Waals surface area contributed by atoms with Crippen molar-refractivity contribution in [2.24, 2.45) is 11.1 Å². The number of anilines is 3. The monoisotopic (exact) mass is 427 g/mol. The maximum absolute atomic E-state index is 10.1. The lowest BCUT2D eigenvalue weighted by Crippen LogP contribution is -2.45. The van der Waals surface area contributed by atoms with Crippen LogP contribution in [0.1, 0.15) is 41.3 Å². The lowest BCUT2D eigenvalue weighted by atomic mass is 9.73. The Morgan fingerprint density at radius 2 is 1.75 bits per heavy atom. The molecule has 32 heavy (non-hydrogen) atoms. The van der Waals surface area contributed by atoms with Crippen LogP contribution in [0.2, 0.25) is 0 Å². The van der Waals surface area contributed by atoms with Gasteiger partial charge in [-0.25, -0.2) is 9.97 Å². The van der Waals surface area contributed by atoms with Gasteiger partial charge in [-0.3, -0.25) is 0 Å². The van der Waals surface area contributed by atoms with Gasteiger partial charge in [0.25, 0.3) is 0 Å². The number of nitrogens with zero attached hydrogens (tertiary/aromatic N) is 4. The molecule has 1 aromatic heterocycles. The third-order valence-electron chi connectivity index (χ3n) is 7.77. The van der Waals surface area contributed by atoms with Crippen molar-refractivity contribution in [3.05, 3.63) is 77.1 Å². The van der Waals surface area contributed by atoms with Crippen molar-refractivity contribution >= 4 is 17.3 Å². The highest BCUT2D eigenvalue weighted by Crippen LogP contribution is 2.51. The first-order valence-corrected chi connectivity index (χ1v) is 11.6. The van der Waals surface area contributed by atoms with E-state index in [9.17, 15) is 5.11 Å². The second-order valence-electron chi connectivity index (χ2n) is 9.39. The first-order chi connectivity index (χ1) is 15.7. The number of rotatable bonds is 3. The summed E-state index contributed by atoms with van der Waals surface area (Å²) < 4.78 is 0. The SMILES string of the molecule is N[C@@H]1c2ccccc2CC12CCN(c1ncc(N3CCc4ccccc43)nc1CO)CC2. The number of benzene rings is 2. The van der Waals surface area contributed by atoms with E-state index in [0.29, 0.717) is 5.69 Å². The fourth-order valence-electron chi connectivity index (χ4n) is 5.96. The number of hydrogen-bond donors (Lipinski definition) is 2. The van der Waals surface area contributed by atoms with E-state index < -0.39 is 0 Å². The Kier molecular flexibility index (Phi) is 4.66. The second kappa shape index (κ2) is 7.57. The molecule has 0 radical (unpaired) electrons. The van der Waals surface area contributed by atoms with Crippen LogP contribution >= 0.6 is 0 Å². The topological polar surface area (TPSA) is 78.5 Å². The minimum atomic E-state index is -0.113. The third kappa shape index (κ3) is 3.01. The maximum Gasteiger partial charge on any atom is 0.152 e. The zero-order valence-corrected chi connectivity index (χ0v) is 18.2. The number of fused-ring (bicyclic) bond motifs is 2. The van der Waals surface area contributed by atoms with Crippen molar-refractivity contribution in [1.82, 2.24) is 9.97 Å². The standard InChI is InChI=1S/C26H29N5O/c27-24-20-7-3-1-6-19(20)15-26(24)10-13-30(14-11-26)25-21(17-32)29-23(16-28-25)31-12-9-18-5-2-4-8-22(18)31/h1-8,16,24,32H,9-15,17,27H2/t24-/m1/s1. The third-order valence-corrected chi connectivity index (χ3v) is 7.77. The highest BCUT2D eigenvalue weighted by Gasteiger charge is 2.46. The van der Waals surface area contributed by atoms with Gasteiger partial charge in [0.15, 0.2) is 11.6 Å². The number of aliphatic hydroxyl groups is 1. The van der Waals surface area contributed by atoms with E-state index in [4.69, 9.17) is 15.7 Å². The number of para-hydroxylation sites is 1. The van der Waals surface area contributed by atoms with Crippen LogP contribution in [-0.4, -0.2) is 34.7 Å². The number of piperidine rings is 1. The summed E-state index contributed by atoms with van der Waals surface area (Å²) in [6.45, 7) is 2.55. The minimum absolute atomic E-state index is 0.0989. The minimum Gasteiger partial charge on any atom is -0.390 e. The fraction of sp³-hybridized carbons (Fsp3) is 0.385. The highest BCUT2D eigenvalue weighted by atomic mass is 16.3. The van der Waals surface area contributed by atoms with Crippen LogP contribution in [0, 0.1) is 5.41 Å². The predicted molar refractivity (Wildman–Crippen MR) is 126 cm³/mol. The summed E-state index contributed by atoms with van der Waals surface area (Å²) in [4.78, 5) is 14.1. The Labute approximate surface area is 188 Å². The molecule has 2 aliphatic heterocycles. The van der Waals surface area contributed by atoms with Gasteiger partial charge < -0.3 is 20.6 Å². The molecular formula is C26H29N5O. The van der Waals surface area contributed by atoms with Gasteiger partial charge in [0.05, 0.1) is 12.8 Å². The van der Waals surface area contributed by atoms with Crippen molar-refractivity contribution in [2.45, 2.75) is 38.3 Å². The van der Waals surface area contributed by atoms with Crippen LogP contribution in [-0.2, 0) is 19.4 Å².